The van der Waals surface area contributed by atoms with Gasteiger partial charge in [0.15, 0.2) is 0 Å². The van der Waals surface area contributed by atoms with Gasteiger partial charge in [-0.1, -0.05) is 18.9 Å². The number of thioether (sulfide) groups is 1. The van der Waals surface area contributed by atoms with Gasteiger partial charge in [0.05, 0.1) is 7.11 Å². The molecular formula is C16H23NOS. The molecule has 1 fully saturated rings. The molecule has 104 valence electrons. The summed E-state index contributed by atoms with van der Waals surface area (Å²) in [6.45, 7) is 0. The van der Waals surface area contributed by atoms with Crippen molar-refractivity contribution in [3.8, 4) is 5.75 Å². The van der Waals surface area contributed by atoms with Crippen LogP contribution < -0.4 is 10.5 Å². The third-order valence-corrected chi connectivity index (χ3v) is 6.11. The number of fused-ring (bicyclic) bond motifs is 1. The first-order valence-electron chi connectivity index (χ1n) is 7.32. The summed E-state index contributed by atoms with van der Waals surface area (Å²) in [7, 11) is 1.72. The van der Waals surface area contributed by atoms with Crippen LogP contribution in [0.15, 0.2) is 18.2 Å². The average molecular weight is 277 g/mol. The number of methoxy groups -OCH3 is 1. The second-order valence-corrected chi connectivity index (χ2v) is 7.09. The van der Waals surface area contributed by atoms with E-state index in [1.54, 1.807) is 7.11 Å². The fraction of sp³-hybridized carbons (Fsp3) is 0.625. The molecule has 0 aliphatic heterocycles. The molecule has 0 heterocycles. The molecule has 0 bridgehead atoms. The SMILES string of the molecule is COc1ccc2c(c1)C(N)C(SCC1CCCC1)C2. The Morgan fingerprint density at radius 3 is 2.84 bits per heavy atom. The topological polar surface area (TPSA) is 35.2 Å². The third-order valence-electron chi connectivity index (χ3n) is 4.55. The highest BCUT2D eigenvalue weighted by Gasteiger charge is 2.31. The lowest BCUT2D eigenvalue weighted by Crippen LogP contribution is -2.20. The number of hydrogen-bond acceptors (Lipinski definition) is 3. The molecule has 1 saturated carbocycles. The van der Waals surface area contributed by atoms with E-state index in [0.717, 1.165) is 18.1 Å². The van der Waals surface area contributed by atoms with Crippen LogP contribution in [-0.4, -0.2) is 18.1 Å². The summed E-state index contributed by atoms with van der Waals surface area (Å²) in [5, 5.41) is 0.558. The number of rotatable bonds is 4. The van der Waals surface area contributed by atoms with E-state index in [-0.39, 0.29) is 6.04 Å². The van der Waals surface area contributed by atoms with Gasteiger partial charge in [-0.3, -0.25) is 0 Å². The van der Waals surface area contributed by atoms with Crippen LogP contribution in [0.4, 0.5) is 0 Å². The Labute approximate surface area is 120 Å². The van der Waals surface area contributed by atoms with E-state index in [1.165, 1.54) is 42.6 Å². The van der Waals surface area contributed by atoms with Gasteiger partial charge in [-0.15, -0.1) is 0 Å². The Morgan fingerprint density at radius 2 is 2.11 bits per heavy atom. The Balaban J connectivity index is 1.63. The highest BCUT2D eigenvalue weighted by molar-refractivity contribution is 7.99. The van der Waals surface area contributed by atoms with Crippen molar-refractivity contribution in [3.05, 3.63) is 29.3 Å². The van der Waals surface area contributed by atoms with Crippen LogP contribution in [0, 0.1) is 5.92 Å². The van der Waals surface area contributed by atoms with Crippen molar-refractivity contribution in [2.24, 2.45) is 11.7 Å². The highest BCUT2D eigenvalue weighted by Crippen LogP contribution is 2.40. The molecule has 0 aromatic heterocycles. The van der Waals surface area contributed by atoms with E-state index >= 15 is 0 Å². The van der Waals surface area contributed by atoms with Gasteiger partial charge in [0, 0.05) is 11.3 Å². The van der Waals surface area contributed by atoms with Crippen molar-refractivity contribution in [3.63, 3.8) is 0 Å². The molecule has 2 atom stereocenters. The van der Waals surface area contributed by atoms with E-state index in [1.807, 2.05) is 0 Å². The maximum atomic E-state index is 6.42. The lowest BCUT2D eigenvalue weighted by atomic mass is 10.1. The Bertz CT molecular complexity index is 442. The van der Waals surface area contributed by atoms with Gasteiger partial charge in [0.2, 0.25) is 0 Å². The van der Waals surface area contributed by atoms with E-state index in [4.69, 9.17) is 10.5 Å². The van der Waals surface area contributed by atoms with Crippen molar-refractivity contribution in [1.82, 2.24) is 0 Å². The number of hydrogen-bond donors (Lipinski definition) is 1. The van der Waals surface area contributed by atoms with E-state index < -0.39 is 0 Å². The van der Waals surface area contributed by atoms with Crippen LogP contribution in [0.25, 0.3) is 0 Å². The summed E-state index contributed by atoms with van der Waals surface area (Å²) in [4.78, 5) is 0. The van der Waals surface area contributed by atoms with E-state index in [9.17, 15) is 0 Å². The molecule has 0 amide bonds. The molecule has 1 aromatic rings. The van der Waals surface area contributed by atoms with Gasteiger partial charge >= 0.3 is 0 Å². The Morgan fingerprint density at radius 1 is 1.32 bits per heavy atom. The fourth-order valence-corrected chi connectivity index (χ4v) is 4.84. The quantitative estimate of drug-likeness (QED) is 0.914. The normalized spacial score (nSPS) is 26.6. The minimum atomic E-state index is 0.177. The van der Waals surface area contributed by atoms with Crippen molar-refractivity contribution in [1.29, 1.82) is 0 Å². The molecule has 3 heteroatoms. The molecule has 2 aliphatic carbocycles. The molecule has 2 aliphatic rings. The molecule has 2 nitrogen and oxygen atoms in total. The van der Waals surface area contributed by atoms with Gasteiger partial charge in [-0.25, -0.2) is 0 Å². The molecule has 0 radical (unpaired) electrons. The molecule has 2 N–H and O–H groups in total. The summed E-state index contributed by atoms with van der Waals surface area (Å²) in [6.07, 6.45) is 6.84. The Hall–Kier alpha value is -0.670. The minimum Gasteiger partial charge on any atom is -0.497 e. The zero-order valence-corrected chi connectivity index (χ0v) is 12.4. The smallest absolute Gasteiger partial charge is 0.119 e. The third kappa shape index (κ3) is 2.77. The molecule has 3 rings (SSSR count). The molecule has 0 saturated heterocycles. The monoisotopic (exact) mass is 277 g/mol. The second-order valence-electron chi connectivity index (χ2n) is 5.82. The van der Waals surface area contributed by atoms with Gasteiger partial charge in [0.25, 0.3) is 0 Å². The predicted molar refractivity (Wildman–Crippen MR) is 81.8 cm³/mol. The summed E-state index contributed by atoms with van der Waals surface area (Å²) in [6, 6.07) is 6.53. The molecule has 1 aromatic carbocycles. The summed E-state index contributed by atoms with van der Waals surface area (Å²) in [5.41, 5.74) is 9.13. The van der Waals surface area contributed by atoms with Crippen LogP contribution in [0.5, 0.6) is 5.75 Å². The molecule has 0 spiro atoms. The van der Waals surface area contributed by atoms with Crippen molar-refractivity contribution in [2.75, 3.05) is 12.9 Å². The second kappa shape index (κ2) is 5.76. The van der Waals surface area contributed by atoms with Crippen molar-refractivity contribution >= 4 is 11.8 Å². The summed E-state index contributed by atoms with van der Waals surface area (Å²) < 4.78 is 5.30. The first-order valence-corrected chi connectivity index (χ1v) is 8.37. The lowest BCUT2D eigenvalue weighted by Gasteiger charge is -2.18. The van der Waals surface area contributed by atoms with Gasteiger partial charge in [0.1, 0.15) is 5.75 Å². The zero-order chi connectivity index (χ0) is 13.2. The largest absolute Gasteiger partial charge is 0.497 e. The maximum Gasteiger partial charge on any atom is 0.119 e. The zero-order valence-electron chi connectivity index (χ0n) is 11.6. The number of ether oxygens (including phenoxy) is 1. The van der Waals surface area contributed by atoms with Crippen LogP contribution in [-0.2, 0) is 6.42 Å². The number of benzene rings is 1. The van der Waals surface area contributed by atoms with Crippen LogP contribution in [0.1, 0.15) is 42.9 Å². The van der Waals surface area contributed by atoms with Gasteiger partial charge in [-0.05, 0) is 54.2 Å². The number of nitrogens with two attached hydrogens (primary N) is 1. The van der Waals surface area contributed by atoms with Crippen molar-refractivity contribution in [2.45, 2.75) is 43.4 Å². The van der Waals surface area contributed by atoms with E-state index in [0.29, 0.717) is 5.25 Å². The molecule has 19 heavy (non-hydrogen) atoms. The molecule has 2 unspecified atom stereocenters. The lowest BCUT2D eigenvalue weighted by molar-refractivity contribution is 0.414. The van der Waals surface area contributed by atoms with Gasteiger partial charge < -0.3 is 10.5 Å². The van der Waals surface area contributed by atoms with Crippen molar-refractivity contribution < 1.29 is 4.74 Å². The summed E-state index contributed by atoms with van der Waals surface area (Å²) >= 11 is 2.09. The predicted octanol–water partition coefficient (Wildman–Crippen LogP) is 3.54. The summed E-state index contributed by atoms with van der Waals surface area (Å²) in [5.74, 6) is 3.16. The maximum absolute atomic E-state index is 6.42. The van der Waals surface area contributed by atoms with E-state index in [2.05, 4.69) is 30.0 Å². The molecular weight excluding hydrogens is 254 g/mol. The van der Waals surface area contributed by atoms with Crippen LogP contribution >= 0.6 is 11.8 Å². The first-order chi connectivity index (χ1) is 9.28. The average Bonchev–Trinajstić information content (AvgIpc) is 3.05. The first kappa shape index (κ1) is 13.3. The van der Waals surface area contributed by atoms with Crippen LogP contribution in [0.2, 0.25) is 0 Å². The highest BCUT2D eigenvalue weighted by atomic mass is 32.2. The Kier molecular flexibility index (Phi) is 4.04. The van der Waals surface area contributed by atoms with Crippen LogP contribution in [0.3, 0.4) is 0 Å². The minimum absolute atomic E-state index is 0.177. The fourth-order valence-electron chi connectivity index (χ4n) is 3.34. The van der Waals surface area contributed by atoms with Gasteiger partial charge in [-0.2, -0.15) is 11.8 Å². The standard InChI is InChI=1S/C16H23NOS/c1-18-13-7-6-12-8-15(16(17)14(12)9-13)19-10-11-4-2-3-5-11/h6-7,9,11,15-16H,2-5,8,10,17H2,1H3.